The molecule has 1 aliphatic carbocycles. The van der Waals surface area contributed by atoms with E-state index in [1.165, 1.54) is 0 Å². The van der Waals surface area contributed by atoms with E-state index in [-0.39, 0.29) is 11.9 Å². The van der Waals surface area contributed by atoms with Gasteiger partial charge in [0, 0.05) is 12.6 Å². The standard InChI is InChI=1S/C14H9BF5NO4.C2H6/c1-24-13-10(18)8(17)2-5-11(13)21(9-3-7(9)16)4-6(12(5)22)14(23)25-15(19)20;1-2/h2,4,7,9H,3H2,1H3;1-2H3. The van der Waals surface area contributed by atoms with Crippen LogP contribution < -0.4 is 10.2 Å². The molecule has 2 unspecified atom stereocenters. The number of aromatic nitrogens is 1. The third-order valence-corrected chi connectivity index (χ3v) is 3.82. The first-order chi connectivity index (χ1) is 12.8. The Morgan fingerprint density at radius 3 is 2.37 bits per heavy atom. The van der Waals surface area contributed by atoms with Crippen molar-refractivity contribution < 1.29 is 36.0 Å². The van der Waals surface area contributed by atoms with Gasteiger partial charge in [-0.3, -0.25) is 4.79 Å². The van der Waals surface area contributed by atoms with Gasteiger partial charge in [0.05, 0.1) is 24.1 Å². The van der Waals surface area contributed by atoms with Crippen molar-refractivity contribution in [2.45, 2.75) is 32.5 Å². The van der Waals surface area contributed by atoms with Crippen LogP contribution in [-0.4, -0.2) is 31.3 Å². The number of halogens is 5. The van der Waals surface area contributed by atoms with Crippen LogP contribution in [0.4, 0.5) is 21.8 Å². The molecule has 5 nitrogen and oxygen atoms in total. The Morgan fingerprint density at radius 2 is 1.89 bits per heavy atom. The maximum absolute atomic E-state index is 14.0. The monoisotopic (exact) mass is 391 g/mol. The number of nitrogens with zero attached hydrogens (tertiary/aromatic N) is 1. The van der Waals surface area contributed by atoms with Gasteiger partial charge in [0.25, 0.3) is 0 Å². The minimum Gasteiger partial charge on any atom is -0.491 e. The highest BCUT2D eigenvalue weighted by molar-refractivity contribution is 6.38. The van der Waals surface area contributed by atoms with Crippen molar-refractivity contribution in [1.82, 2.24) is 4.57 Å². The fourth-order valence-corrected chi connectivity index (χ4v) is 2.61. The van der Waals surface area contributed by atoms with Crippen LogP contribution in [0.5, 0.6) is 5.75 Å². The molecule has 1 aromatic carbocycles. The van der Waals surface area contributed by atoms with Gasteiger partial charge in [-0.05, 0) is 6.07 Å². The Balaban J connectivity index is 0.00000126. The molecule has 1 fully saturated rings. The fraction of sp³-hybridized carbons (Fsp3) is 0.375. The zero-order chi connectivity index (χ0) is 20.5. The molecule has 1 heterocycles. The predicted molar refractivity (Wildman–Crippen MR) is 88.0 cm³/mol. The van der Waals surface area contributed by atoms with Crippen LogP contribution in [0, 0.1) is 11.6 Å². The summed E-state index contributed by atoms with van der Waals surface area (Å²) < 4.78 is 75.1. The number of hydrogen-bond donors (Lipinski definition) is 0. The number of fused-ring (bicyclic) bond motifs is 1. The number of alkyl halides is 1. The van der Waals surface area contributed by atoms with Crippen LogP contribution >= 0.6 is 0 Å². The third kappa shape index (κ3) is 3.76. The van der Waals surface area contributed by atoms with Gasteiger partial charge in [-0.2, -0.15) is 4.39 Å². The van der Waals surface area contributed by atoms with Crippen LogP contribution in [0.25, 0.3) is 10.9 Å². The van der Waals surface area contributed by atoms with Gasteiger partial charge in [-0.15, -0.1) is 0 Å². The summed E-state index contributed by atoms with van der Waals surface area (Å²) in [4.78, 5) is 24.1. The SMILES string of the molecule is CC.COc1c(F)c(F)cc2c(=O)c(C(=O)OB(F)F)cn(C3CC3F)c12. The molecule has 0 aliphatic heterocycles. The van der Waals surface area contributed by atoms with Crippen LogP contribution in [0.1, 0.15) is 36.7 Å². The first-order valence-corrected chi connectivity index (χ1v) is 8.00. The summed E-state index contributed by atoms with van der Waals surface area (Å²) in [5.74, 6) is -5.16. The first-order valence-electron chi connectivity index (χ1n) is 8.00. The molecular formula is C16H15BF5NO4. The van der Waals surface area contributed by atoms with E-state index in [0.29, 0.717) is 6.07 Å². The number of benzene rings is 1. The number of rotatable bonds is 4. The van der Waals surface area contributed by atoms with Crippen molar-refractivity contribution in [2.24, 2.45) is 0 Å². The fourth-order valence-electron chi connectivity index (χ4n) is 2.61. The highest BCUT2D eigenvalue weighted by Gasteiger charge is 2.41. The second-order valence-electron chi connectivity index (χ2n) is 5.37. The lowest BCUT2D eigenvalue weighted by Gasteiger charge is -2.16. The smallest absolute Gasteiger partial charge is 0.491 e. The minimum atomic E-state index is -3.48. The van der Waals surface area contributed by atoms with Crippen LogP contribution in [0.2, 0.25) is 0 Å². The number of ether oxygens (including phenoxy) is 1. The molecule has 1 aliphatic rings. The Kier molecular flexibility index (Phi) is 6.12. The van der Waals surface area contributed by atoms with E-state index in [1.807, 2.05) is 13.8 Å². The normalized spacial score (nSPS) is 17.8. The summed E-state index contributed by atoms with van der Waals surface area (Å²) in [6, 6.07) is -0.374. The highest BCUT2D eigenvalue weighted by Crippen LogP contribution is 2.43. The van der Waals surface area contributed by atoms with E-state index in [0.717, 1.165) is 17.9 Å². The van der Waals surface area contributed by atoms with Crippen LogP contribution in [0.15, 0.2) is 17.1 Å². The van der Waals surface area contributed by atoms with Crippen molar-refractivity contribution in [3.8, 4) is 5.75 Å². The van der Waals surface area contributed by atoms with Crippen molar-refractivity contribution in [2.75, 3.05) is 7.11 Å². The van der Waals surface area contributed by atoms with Gasteiger partial charge < -0.3 is 14.0 Å². The summed E-state index contributed by atoms with van der Waals surface area (Å²) in [5.41, 5.74) is -2.28. The van der Waals surface area contributed by atoms with E-state index < -0.39 is 59.4 Å². The summed E-state index contributed by atoms with van der Waals surface area (Å²) in [6.45, 7) is 4.00. The van der Waals surface area contributed by atoms with Gasteiger partial charge in [-0.1, -0.05) is 13.8 Å². The highest BCUT2D eigenvalue weighted by atomic mass is 19.2. The zero-order valence-corrected chi connectivity index (χ0v) is 14.6. The molecule has 11 heteroatoms. The minimum absolute atomic E-state index is 0.0105. The van der Waals surface area contributed by atoms with Crippen molar-refractivity contribution in [3.05, 3.63) is 39.7 Å². The van der Waals surface area contributed by atoms with Gasteiger partial charge >= 0.3 is 13.4 Å². The topological polar surface area (TPSA) is 57.5 Å². The van der Waals surface area contributed by atoms with Gasteiger partial charge in [0.15, 0.2) is 11.6 Å². The number of methoxy groups -OCH3 is 1. The molecule has 2 atom stereocenters. The summed E-state index contributed by atoms with van der Waals surface area (Å²) in [7, 11) is -2.46. The van der Waals surface area contributed by atoms with E-state index in [2.05, 4.69) is 4.65 Å². The van der Waals surface area contributed by atoms with E-state index in [9.17, 15) is 31.4 Å². The van der Waals surface area contributed by atoms with Crippen molar-refractivity contribution in [1.29, 1.82) is 0 Å². The molecule has 0 saturated heterocycles. The molecule has 146 valence electrons. The van der Waals surface area contributed by atoms with Crippen LogP contribution in [0.3, 0.4) is 0 Å². The number of hydrogen-bond acceptors (Lipinski definition) is 4. The van der Waals surface area contributed by atoms with Crippen molar-refractivity contribution in [3.63, 3.8) is 0 Å². The van der Waals surface area contributed by atoms with E-state index >= 15 is 0 Å². The van der Waals surface area contributed by atoms with Gasteiger partial charge in [0.2, 0.25) is 11.2 Å². The molecule has 27 heavy (non-hydrogen) atoms. The number of carbonyl (C=O) groups excluding carboxylic acids is 1. The Morgan fingerprint density at radius 1 is 1.30 bits per heavy atom. The molecule has 2 aromatic rings. The molecule has 0 N–H and O–H groups in total. The maximum atomic E-state index is 14.0. The average molecular weight is 391 g/mol. The second kappa shape index (κ2) is 7.97. The molecule has 1 saturated carbocycles. The third-order valence-electron chi connectivity index (χ3n) is 3.82. The largest absolute Gasteiger partial charge is 0.798 e. The Bertz CT molecular complexity index is 933. The number of pyridine rings is 1. The molecule has 0 radical (unpaired) electrons. The van der Waals surface area contributed by atoms with E-state index in [1.54, 1.807) is 0 Å². The lowest BCUT2D eigenvalue weighted by molar-refractivity contribution is 0.0693. The average Bonchev–Trinajstić information content (AvgIpc) is 3.34. The summed E-state index contributed by atoms with van der Waals surface area (Å²) >= 11 is 0. The summed E-state index contributed by atoms with van der Waals surface area (Å²) in [6.07, 6.45) is -0.578. The predicted octanol–water partition coefficient (Wildman–Crippen LogP) is 3.68. The lowest BCUT2D eigenvalue weighted by atomic mass is 10.1. The molecule has 0 spiro atoms. The Labute approximate surface area is 150 Å². The molecule has 0 bridgehead atoms. The molecule has 3 rings (SSSR count). The Hall–Kier alpha value is -2.59. The summed E-state index contributed by atoms with van der Waals surface area (Å²) in [5, 5.41) is -0.515. The lowest BCUT2D eigenvalue weighted by Crippen LogP contribution is -2.24. The molecule has 1 aromatic heterocycles. The van der Waals surface area contributed by atoms with Crippen molar-refractivity contribution >= 4 is 24.3 Å². The van der Waals surface area contributed by atoms with E-state index in [4.69, 9.17) is 4.74 Å². The quantitative estimate of drug-likeness (QED) is 0.590. The first kappa shape index (κ1) is 20.7. The number of carbonyl (C=O) groups is 1. The van der Waals surface area contributed by atoms with Gasteiger partial charge in [-0.25, -0.2) is 22.2 Å². The van der Waals surface area contributed by atoms with Crippen LogP contribution in [-0.2, 0) is 4.65 Å². The maximum Gasteiger partial charge on any atom is 0.798 e. The van der Waals surface area contributed by atoms with Gasteiger partial charge in [0.1, 0.15) is 11.7 Å². The second-order valence-corrected chi connectivity index (χ2v) is 5.37. The molecule has 0 amide bonds. The molecular weight excluding hydrogens is 376 g/mol. The zero-order valence-electron chi connectivity index (χ0n) is 14.6.